The summed E-state index contributed by atoms with van der Waals surface area (Å²) in [6.07, 6.45) is 3.79. The van der Waals surface area contributed by atoms with Crippen LogP contribution >= 0.6 is 15.9 Å². The van der Waals surface area contributed by atoms with Gasteiger partial charge in [0.15, 0.2) is 0 Å². The fraction of sp³-hybridized carbons (Fsp3) is 0.381. The van der Waals surface area contributed by atoms with Crippen LogP contribution < -0.4 is 16.2 Å². The molecule has 7 nitrogen and oxygen atoms in total. The standard InChI is InChI=1S/C21H24BrN5O2/c1-12-7-13(2)26-21(29)17(12)10-24-20(28)16-8-14(22)9-19-18(16)11-25-27(19)15-3-5-23-6-4-15/h7-9,11,15,23H,3-6,10H2,1-2H3,(H,24,28)(H,26,29). The third-order valence-corrected chi connectivity index (χ3v) is 5.96. The van der Waals surface area contributed by atoms with Gasteiger partial charge in [0.25, 0.3) is 11.5 Å². The summed E-state index contributed by atoms with van der Waals surface area (Å²) in [5.74, 6) is -0.222. The van der Waals surface area contributed by atoms with Gasteiger partial charge in [-0.15, -0.1) is 0 Å². The van der Waals surface area contributed by atoms with Gasteiger partial charge in [-0.25, -0.2) is 0 Å². The second-order valence-electron chi connectivity index (χ2n) is 7.58. The largest absolute Gasteiger partial charge is 0.348 e. The van der Waals surface area contributed by atoms with E-state index in [2.05, 4.69) is 36.6 Å². The molecule has 0 unspecified atom stereocenters. The number of H-pyrrole nitrogens is 1. The van der Waals surface area contributed by atoms with Crippen molar-refractivity contribution in [2.75, 3.05) is 13.1 Å². The number of hydrogen-bond acceptors (Lipinski definition) is 4. The van der Waals surface area contributed by atoms with Crippen molar-refractivity contribution in [3.05, 3.63) is 61.6 Å². The third-order valence-electron chi connectivity index (χ3n) is 5.50. The highest BCUT2D eigenvalue weighted by Gasteiger charge is 2.21. The summed E-state index contributed by atoms with van der Waals surface area (Å²) >= 11 is 3.53. The van der Waals surface area contributed by atoms with Crippen LogP contribution in [0.1, 0.15) is 46.1 Å². The van der Waals surface area contributed by atoms with Gasteiger partial charge < -0.3 is 15.6 Å². The monoisotopic (exact) mass is 457 g/mol. The Balaban J connectivity index is 1.63. The number of aromatic amines is 1. The van der Waals surface area contributed by atoms with Gasteiger partial charge in [-0.1, -0.05) is 15.9 Å². The number of rotatable bonds is 4. The van der Waals surface area contributed by atoms with Crippen LogP contribution in [-0.4, -0.2) is 33.8 Å². The first-order valence-corrected chi connectivity index (χ1v) is 10.6. The lowest BCUT2D eigenvalue weighted by atomic mass is 10.1. The first-order valence-electron chi connectivity index (χ1n) is 9.79. The molecule has 0 radical (unpaired) electrons. The van der Waals surface area contributed by atoms with Gasteiger partial charge >= 0.3 is 0 Å². The van der Waals surface area contributed by atoms with E-state index in [9.17, 15) is 9.59 Å². The molecule has 29 heavy (non-hydrogen) atoms. The number of benzene rings is 1. The van der Waals surface area contributed by atoms with E-state index in [-0.39, 0.29) is 18.0 Å². The van der Waals surface area contributed by atoms with Gasteiger partial charge in [0, 0.05) is 27.7 Å². The average molecular weight is 458 g/mol. The minimum absolute atomic E-state index is 0.166. The predicted octanol–water partition coefficient (Wildman–Crippen LogP) is 2.96. The molecule has 3 aromatic rings. The van der Waals surface area contributed by atoms with Crippen molar-refractivity contribution in [2.45, 2.75) is 39.3 Å². The van der Waals surface area contributed by atoms with Crippen molar-refractivity contribution in [2.24, 2.45) is 0 Å². The molecule has 152 valence electrons. The summed E-state index contributed by atoms with van der Waals surface area (Å²) in [5.41, 5.74) is 3.57. The third kappa shape index (κ3) is 4.00. The first kappa shape index (κ1) is 19.8. The van der Waals surface area contributed by atoms with E-state index < -0.39 is 0 Å². The van der Waals surface area contributed by atoms with Gasteiger partial charge in [0.1, 0.15) is 0 Å². The van der Waals surface area contributed by atoms with E-state index >= 15 is 0 Å². The van der Waals surface area contributed by atoms with Crippen molar-refractivity contribution in [3.63, 3.8) is 0 Å². The first-order chi connectivity index (χ1) is 13.9. The zero-order valence-corrected chi connectivity index (χ0v) is 18.1. The Morgan fingerprint density at radius 1 is 1.28 bits per heavy atom. The summed E-state index contributed by atoms with van der Waals surface area (Å²) in [7, 11) is 0. The molecule has 0 aliphatic carbocycles. The van der Waals surface area contributed by atoms with Crippen molar-refractivity contribution in [3.8, 4) is 0 Å². The summed E-state index contributed by atoms with van der Waals surface area (Å²) < 4.78 is 2.86. The Morgan fingerprint density at radius 2 is 2.03 bits per heavy atom. The molecule has 1 aliphatic heterocycles. The molecule has 1 aromatic carbocycles. The van der Waals surface area contributed by atoms with Crippen LogP contribution in [0.4, 0.5) is 0 Å². The molecule has 1 amide bonds. The van der Waals surface area contributed by atoms with Crippen molar-refractivity contribution in [1.82, 2.24) is 25.4 Å². The number of nitrogens with zero attached hydrogens (tertiary/aromatic N) is 2. The van der Waals surface area contributed by atoms with Crippen LogP contribution in [0.25, 0.3) is 10.9 Å². The number of carbonyl (C=O) groups is 1. The molecule has 3 N–H and O–H groups in total. The molecule has 0 atom stereocenters. The second-order valence-corrected chi connectivity index (χ2v) is 8.50. The van der Waals surface area contributed by atoms with E-state index in [0.29, 0.717) is 17.2 Å². The number of aromatic nitrogens is 3. The van der Waals surface area contributed by atoms with Crippen molar-refractivity contribution < 1.29 is 4.79 Å². The Labute approximate surface area is 177 Å². The number of aryl methyl sites for hydroxylation is 2. The highest BCUT2D eigenvalue weighted by atomic mass is 79.9. The minimum atomic E-state index is -0.222. The minimum Gasteiger partial charge on any atom is -0.348 e. The van der Waals surface area contributed by atoms with Gasteiger partial charge in [0.05, 0.1) is 23.3 Å². The fourth-order valence-corrected chi connectivity index (χ4v) is 4.45. The zero-order chi connectivity index (χ0) is 20.5. The number of carbonyl (C=O) groups excluding carboxylic acids is 1. The van der Waals surface area contributed by atoms with E-state index in [1.165, 1.54) is 0 Å². The van der Waals surface area contributed by atoms with E-state index in [0.717, 1.165) is 52.6 Å². The van der Waals surface area contributed by atoms with E-state index in [1.807, 2.05) is 30.7 Å². The number of piperidine rings is 1. The number of pyridine rings is 1. The van der Waals surface area contributed by atoms with Crippen LogP contribution in [0.3, 0.4) is 0 Å². The number of nitrogens with one attached hydrogen (secondary N) is 3. The maximum absolute atomic E-state index is 13.0. The maximum Gasteiger partial charge on any atom is 0.253 e. The fourth-order valence-electron chi connectivity index (χ4n) is 4.01. The van der Waals surface area contributed by atoms with Crippen molar-refractivity contribution >= 4 is 32.7 Å². The van der Waals surface area contributed by atoms with E-state index in [4.69, 9.17) is 0 Å². The molecule has 0 saturated carbocycles. The molecular weight excluding hydrogens is 434 g/mol. The normalized spacial score (nSPS) is 15.0. The summed E-state index contributed by atoms with van der Waals surface area (Å²) in [4.78, 5) is 28.0. The molecule has 2 aromatic heterocycles. The van der Waals surface area contributed by atoms with Crippen LogP contribution in [0.15, 0.2) is 33.7 Å². The van der Waals surface area contributed by atoms with Crippen LogP contribution in [0.5, 0.6) is 0 Å². The number of halogens is 1. The Morgan fingerprint density at radius 3 is 2.76 bits per heavy atom. The molecule has 3 heterocycles. The molecule has 1 aliphatic rings. The zero-order valence-electron chi connectivity index (χ0n) is 16.5. The Hall–Kier alpha value is -2.45. The predicted molar refractivity (Wildman–Crippen MR) is 116 cm³/mol. The summed E-state index contributed by atoms with van der Waals surface area (Å²) in [6, 6.07) is 6.05. The molecule has 8 heteroatoms. The van der Waals surface area contributed by atoms with Crippen LogP contribution in [0.2, 0.25) is 0 Å². The molecule has 1 saturated heterocycles. The lowest BCUT2D eigenvalue weighted by Gasteiger charge is -2.23. The second kappa shape index (κ2) is 8.12. The number of fused-ring (bicyclic) bond motifs is 1. The van der Waals surface area contributed by atoms with Gasteiger partial charge in [-0.2, -0.15) is 5.10 Å². The molecule has 4 rings (SSSR count). The highest BCUT2D eigenvalue weighted by Crippen LogP contribution is 2.29. The highest BCUT2D eigenvalue weighted by molar-refractivity contribution is 9.10. The number of hydrogen-bond donors (Lipinski definition) is 3. The molecule has 0 bridgehead atoms. The summed E-state index contributed by atoms with van der Waals surface area (Å²) in [5, 5.41) is 11.7. The van der Waals surface area contributed by atoms with Gasteiger partial charge in [-0.3, -0.25) is 14.3 Å². The van der Waals surface area contributed by atoms with Gasteiger partial charge in [-0.05, 0) is 63.5 Å². The molecule has 0 spiro atoms. The summed E-state index contributed by atoms with van der Waals surface area (Å²) in [6.45, 7) is 5.84. The Bertz CT molecular complexity index is 1130. The average Bonchev–Trinajstić information content (AvgIpc) is 3.10. The number of amides is 1. The smallest absolute Gasteiger partial charge is 0.253 e. The lowest BCUT2D eigenvalue weighted by molar-refractivity contribution is 0.0952. The molecular formula is C21H24BrN5O2. The lowest BCUT2D eigenvalue weighted by Crippen LogP contribution is -2.30. The van der Waals surface area contributed by atoms with Crippen LogP contribution in [0, 0.1) is 13.8 Å². The topological polar surface area (TPSA) is 91.8 Å². The maximum atomic E-state index is 13.0. The SMILES string of the molecule is Cc1cc(C)c(CNC(=O)c2cc(Br)cc3c2cnn3C2CCNCC2)c(=O)[nH]1. The quantitative estimate of drug-likeness (QED) is 0.561. The van der Waals surface area contributed by atoms with E-state index in [1.54, 1.807) is 12.3 Å². The Kier molecular flexibility index (Phi) is 5.56. The van der Waals surface area contributed by atoms with Crippen LogP contribution in [-0.2, 0) is 6.54 Å². The van der Waals surface area contributed by atoms with Crippen molar-refractivity contribution in [1.29, 1.82) is 0 Å². The van der Waals surface area contributed by atoms with Gasteiger partial charge in [0.2, 0.25) is 0 Å². The molecule has 1 fully saturated rings.